The van der Waals surface area contributed by atoms with Crippen molar-refractivity contribution in [1.29, 1.82) is 0 Å². The maximum absolute atomic E-state index is 11.5. The van der Waals surface area contributed by atoms with E-state index >= 15 is 0 Å². The summed E-state index contributed by atoms with van der Waals surface area (Å²) in [4.78, 5) is 34.9. The molecule has 0 saturated carbocycles. The Morgan fingerprint density at radius 3 is 2.11 bits per heavy atom. The molecule has 1 aliphatic heterocycles. The molecule has 1 unspecified atom stereocenters. The standard InChI is InChI=1S/C14H21NO4/c1-10(2)6-4-3-5-7-11(14(18)19)15-12(16)8-9-13(15)17/h8-11H,3-7H2,1-2H3,(H,18,19). The highest BCUT2D eigenvalue weighted by molar-refractivity contribution is 6.14. The minimum Gasteiger partial charge on any atom is -0.480 e. The number of hydrogen-bond acceptors (Lipinski definition) is 3. The number of carboxylic acid groups (broad SMARTS) is 1. The maximum atomic E-state index is 11.5. The Hall–Kier alpha value is -1.65. The van der Waals surface area contributed by atoms with Gasteiger partial charge in [-0.3, -0.25) is 14.5 Å². The van der Waals surface area contributed by atoms with Gasteiger partial charge in [0.15, 0.2) is 0 Å². The molecule has 5 nitrogen and oxygen atoms in total. The van der Waals surface area contributed by atoms with Gasteiger partial charge in [0.25, 0.3) is 11.8 Å². The zero-order valence-corrected chi connectivity index (χ0v) is 11.5. The van der Waals surface area contributed by atoms with Crippen LogP contribution in [0.15, 0.2) is 12.2 Å². The molecule has 1 rings (SSSR count). The maximum Gasteiger partial charge on any atom is 0.326 e. The highest BCUT2D eigenvalue weighted by Crippen LogP contribution is 2.17. The first-order valence-corrected chi connectivity index (χ1v) is 6.71. The van der Waals surface area contributed by atoms with E-state index in [9.17, 15) is 14.4 Å². The Labute approximate surface area is 113 Å². The summed E-state index contributed by atoms with van der Waals surface area (Å²) in [6, 6.07) is -1.03. The normalized spacial score (nSPS) is 16.5. The van der Waals surface area contributed by atoms with E-state index in [1.807, 2.05) is 0 Å². The predicted octanol–water partition coefficient (Wildman–Crippen LogP) is 1.97. The number of unbranched alkanes of at least 4 members (excludes halogenated alkanes) is 2. The van der Waals surface area contributed by atoms with Crippen molar-refractivity contribution in [3.05, 3.63) is 12.2 Å². The van der Waals surface area contributed by atoms with Crippen LogP contribution >= 0.6 is 0 Å². The Morgan fingerprint density at radius 2 is 1.63 bits per heavy atom. The van der Waals surface area contributed by atoms with Crippen molar-refractivity contribution in [1.82, 2.24) is 4.90 Å². The summed E-state index contributed by atoms with van der Waals surface area (Å²) in [7, 11) is 0. The highest BCUT2D eigenvalue weighted by Gasteiger charge is 2.35. The van der Waals surface area contributed by atoms with Gasteiger partial charge in [-0.1, -0.05) is 39.5 Å². The van der Waals surface area contributed by atoms with Gasteiger partial charge in [-0.15, -0.1) is 0 Å². The largest absolute Gasteiger partial charge is 0.480 e. The van der Waals surface area contributed by atoms with Crippen molar-refractivity contribution < 1.29 is 19.5 Å². The number of carboxylic acids is 1. The van der Waals surface area contributed by atoms with Gasteiger partial charge in [-0.2, -0.15) is 0 Å². The number of rotatable bonds is 8. The molecule has 1 atom stereocenters. The quantitative estimate of drug-likeness (QED) is 0.539. The van der Waals surface area contributed by atoms with Gasteiger partial charge in [0, 0.05) is 12.2 Å². The molecular formula is C14H21NO4. The number of carbonyl (C=O) groups is 3. The van der Waals surface area contributed by atoms with Crippen molar-refractivity contribution in [3.8, 4) is 0 Å². The van der Waals surface area contributed by atoms with Crippen LogP contribution in [0, 0.1) is 5.92 Å². The zero-order valence-electron chi connectivity index (χ0n) is 11.5. The van der Waals surface area contributed by atoms with Crippen LogP contribution in [-0.2, 0) is 14.4 Å². The van der Waals surface area contributed by atoms with Gasteiger partial charge in [-0.25, -0.2) is 4.79 Å². The molecule has 0 saturated heterocycles. The van der Waals surface area contributed by atoms with Gasteiger partial charge in [-0.05, 0) is 12.3 Å². The second-order valence-corrected chi connectivity index (χ2v) is 5.27. The van der Waals surface area contributed by atoms with Crippen LogP contribution in [0.25, 0.3) is 0 Å². The molecule has 0 radical (unpaired) electrons. The van der Waals surface area contributed by atoms with Crippen LogP contribution in [0.5, 0.6) is 0 Å². The third kappa shape index (κ3) is 4.50. The molecule has 0 bridgehead atoms. The van der Waals surface area contributed by atoms with Crippen LogP contribution in [0.2, 0.25) is 0 Å². The summed E-state index contributed by atoms with van der Waals surface area (Å²) in [6.07, 6.45) is 6.36. The fraction of sp³-hybridized carbons (Fsp3) is 0.643. The second kappa shape index (κ2) is 7.07. The zero-order chi connectivity index (χ0) is 14.4. The Bertz CT molecular complexity index is 369. The molecule has 0 aromatic heterocycles. The molecular weight excluding hydrogens is 246 g/mol. The van der Waals surface area contributed by atoms with Crippen molar-refractivity contribution in [2.45, 2.75) is 52.0 Å². The fourth-order valence-corrected chi connectivity index (χ4v) is 2.15. The van der Waals surface area contributed by atoms with E-state index < -0.39 is 23.8 Å². The monoisotopic (exact) mass is 267 g/mol. The Morgan fingerprint density at radius 1 is 1.11 bits per heavy atom. The number of aliphatic carboxylic acids is 1. The highest BCUT2D eigenvalue weighted by atomic mass is 16.4. The van der Waals surface area contributed by atoms with E-state index in [4.69, 9.17) is 5.11 Å². The average molecular weight is 267 g/mol. The third-order valence-corrected chi connectivity index (χ3v) is 3.20. The predicted molar refractivity (Wildman–Crippen MR) is 70.3 cm³/mol. The van der Waals surface area contributed by atoms with Gasteiger partial charge >= 0.3 is 5.97 Å². The third-order valence-electron chi connectivity index (χ3n) is 3.20. The number of imide groups is 1. The van der Waals surface area contributed by atoms with Crippen LogP contribution in [0.4, 0.5) is 0 Å². The summed E-state index contributed by atoms with van der Waals surface area (Å²) in [5.74, 6) is -1.53. The first kappa shape index (κ1) is 15.4. The number of hydrogen-bond donors (Lipinski definition) is 1. The van der Waals surface area contributed by atoms with E-state index in [2.05, 4.69) is 13.8 Å². The Balaban J connectivity index is 2.44. The van der Waals surface area contributed by atoms with Crippen molar-refractivity contribution in [3.63, 3.8) is 0 Å². The van der Waals surface area contributed by atoms with Gasteiger partial charge in [0.05, 0.1) is 0 Å². The molecule has 0 aliphatic carbocycles. The lowest BCUT2D eigenvalue weighted by Crippen LogP contribution is -2.44. The van der Waals surface area contributed by atoms with Crippen molar-refractivity contribution >= 4 is 17.8 Å². The first-order valence-electron chi connectivity index (χ1n) is 6.71. The molecule has 0 aromatic rings. The van der Waals surface area contributed by atoms with E-state index in [1.54, 1.807) is 0 Å². The van der Waals surface area contributed by atoms with Crippen LogP contribution < -0.4 is 0 Å². The Kier molecular flexibility index (Phi) is 5.73. The SMILES string of the molecule is CC(C)CCCCCC(C(=O)O)N1C(=O)C=CC1=O. The van der Waals surface area contributed by atoms with Gasteiger partial charge < -0.3 is 5.11 Å². The molecule has 0 fully saturated rings. The summed E-state index contributed by atoms with van der Waals surface area (Å²) in [5.41, 5.74) is 0. The minimum absolute atomic E-state index is 0.326. The summed E-state index contributed by atoms with van der Waals surface area (Å²) < 4.78 is 0. The van der Waals surface area contributed by atoms with E-state index in [-0.39, 0.29) is 0 Å². The summed E-state index contributed by atoms with van der Waals surface area (Å²) in [6.45, 7) is 4.29. The smallest absolute Gasteiger partial charge is 0.326 e. The molecule has 106 valence electrons. The summed E-state index contributed by atoms with van der Waals surface area (Å²) >= 11 is 0. The van der Waals surface area contributed by atoms with E-state index in [0.29, 0.717) is 18.8 Å². The lowest BCUT2D eigenvalue weighted by molar-refractivity contribution is -0.153. The molecule has 0 spiro atoms. The topological polar surface area (TPSA) is 74.7 Å². The first-order chi connectivity index (χ1) is 8.93. The molecule has 1 N–H and O–H groups in total. The lowest BCUT2D eigenvalue weighted by atomic mass is 10.0. The summed E-state index contributed by atoms with van der Waals surface area (Å²) in [5, 5.41) is 9.14. The molecule has 2 amide bonds. The minimum atomic E-state index is -1.12. The number of carbonyl (C=O) groups excluding carboxylic acids is 2. The van der Waals surface area contributed by atoms with Gasteiger partial charge in [0.2, 0.25) is 0 Å². The second-order valence-electron chi connectivity index (χ2n) is 5.27. The van der Waals surface area contributed by atoms with E-state index in [0.717, 1.165) is 36.3 Å². The average Bonchev–Trinajstić information content (AvgIpc) is 2.64. The fourth-order valence-electron chi connectivity index (χ4n) is 2.15. The number of nitrogens with zero attached hydrogens (tertiary/aromatic N) is 1. The van der Waals surface area contributed by atoms with E-state index in [1.165, 1.54) is 0 Å². The van der Waals surface area contributed by atoms with Crippen molar-refractivity contribution in [2.75, 3.05) is 0 Å². The molecule has 5 heteroatoms. The van der Waals surface area contributed by atoms with Crippen molar-refractivity contribution in [2.24, 2.45) is 5.92 Å². The lowest BCUT2D eigenvalue weighted by Gasteiger charge is -2.22. The number of amides is 2. The molecule has 0 aromatic carbocycles. The van der Waals surface area contributed by atoms with Gasteiger partial charge in [0.1, 0.15) is 6.04 Å². The molecule has 19 heavy (non-hydrogen) atoms. The van der Waals surface area contributed by atoms with Crippen LogP contribution in [0.1, 0.15) is 46.0 Å². The molecule has 1 heterocycles. The molecule has 1 aliphatic rings. The van der Waals surface area contributed by atoms with Crippen LogP contribution in [0.3, 0.4) is 0 Å². The van der Waals surface area contributed by atoms with Crippen LogP contribution in [-0.4, -0.2) is 33.8 Å².